The van der Waals surface area contributed by atoms with Gasteiger partial charge in [0.05, 0.1) is 20.3 Å². The first-order chi connectivity index (χ1) is 16.4. The number of nitrogens with one attached hydrogen (secondary N) is 1. The lowest BCUT2D eigenvalue weighted by Gasteiger charge is -2.29. The fourth-order valence-electron chi connectivity index (χ4n) is 3.59. The molecule has 7 nitrogen and oxygen atoms in total. The molecule has 2 rings (SSSR count). The van der Waals surface area contributed by atoms with E-state index in [0.29, 0.717) is 50.0 Å². The Morgan fingerprint density at radius 1 is 0.971 bits per heavy atom. The van der Waals surface area contributed by atoms with E-state index in [9.17, 15) is 9.59 Å². The van der Waals surface area contributed by atoms with Gasteiger partial charge in [0.25, 0.3) is 0 Å². The molecular weight excluding hydrogens is 432 g/mol. The summed E-state index contributed by atoms with van der Waals surface area (Å²) >= 11 is 0. The molecular formula is C27H38N2O5. The van der Waals surface area contributed by atoms with E-state index in [1.54, 1.807) is 18.9 Å². The normalized spacial score (nSPS) is 11.4. The van der Waals surface area contributed by atoms with Gasteiger partial charge < -0.3 is 24.4 Å². The molecule has 0 aromatic heterocycles. The average molecular weight is 471 g/mol. The van der Waals surface area contributed by atoms with Crippen LogP contribution in [-0.4, -0.2) is 49.6 Å². The Hall–Kier alpha value is -3.22. The number of nitrogens with zero attached hydrogens (tertiary/aromatic N) is 1. The summed E-state index contributed by atoms with van der Waals surface area (Å²) in [6.45, 7) is 9.60. The van der Waals surface area contributed by atoms with E-state index >= 15 is 0 Å². The van der Waals surface area contributed by atoms with E-state index in [1.165, 1.54) is 0 Å². The van der Waals surface area contributed by atoms with Gasteiger partial charge in [0.1, 0.15) is 11.8 Å². The molecule has 0 radical (unpaired) electrons. The Bertz CT molecular complexity index is 931. The van der Waals surface area contributed by atoms with E-state index in [1.807, 2.05) is 63.2 Å². The third-order valence-electron chi connectivity index (χ3n) is 5.44. The first kappa shape index (κ1) is 27.0. The van der Waals surface area contributed by atoms with Gasteiger partial charge in [0, 0.05) is 19.5 Å². The van der Waals surface area contributed by atoms with Gasteiger partial charge in [-0.05, 0) is 69.0 Å². The molecule has 1 unspecified atom stereocenters. The Labute approximate surface area is 203 Å². The third-order valence-corrected chi connectivity index (χ3v) is 5.44. The summed E-state index contributed by atoms with van der Waals surface area (Å²) in [7, 11) is 1.61. The lowest BCUT2D eigenvalue weighted by Crippen LogP contribution is -2.47. The number of hydrogen-bond donors (Lipinski definition) is 1. The van der Waals surface area contributed by atoms with Crippen LogP contribution in [0.1, 0.15) is 51.7 Å². The SMILES string of the molecule is CCCNC(=O)C(C)N(Cc1cccc(OC)c1)C(=O)CCc1ccc(OCC)c(OCC)c1. The van der Waals surface area contributed by atoms with Gasteiger partial charge in [-0.25, -0.2) is 0 Å². The van der Waals surface area contributed by atoms with Crippen LogP contribution in [0.5, 0.6) is 17.2 Å². The van der Waals surface area contributed by atoms with E-state index in [2.05, 4.69) is 5.32 Å². The highest BCUT2D eigenvalue weighted by atomic mass is 16.5. The lowest BCUT2D eigenvalue weighted by molar-refractivity contribution is -0.140. The van der Waals surface area contributed by atoms with Crippen LogP contribution in [0.3, 0.4) is 0 Å². The lowest BCUT2D eigenvalue weighted by atomic mass is 10.1. The molecule has 1 N–H and O–H groups in total. The Morgan fingerprint density at radius 2 is 1.71 bits per heavy atom. The number of aryl methyl sites for hydroxylation is 1. The quantitative estimate of drug-likeness (QED) is 0.444. The van der Waals surface area contributed by atoms with Gasteiger partial charge in [-0.1, -0.05) is 25.1 Å². The molecule has 0 fully saturated rings. The van der Waals surface area contributed by atoms with Crippen LogP contribution in [-0.2, 0) is 22.6 Å². The fourth-order valence-corrected chi connectivity index (χ4v) is 3.59. The van der Waals surface area contributed by atoms with Gasteiger partial charge in [-0.2, -0.15) is 0 Å². The highest BCUT2D eigenvalue weighted by Gasteiger charge is 2.26. The maximum atomic E-state index is 13.3. The topological polar surface area (TPSA) is 77.1 Å². The maximum absolute atomic E-state index is 13.3. The number of amides is 2. The first-order valence-corrected chi connectivity index (χ1v) is 12.0. The van der Waals surface area contributed by atoms with E-state index < -0.39 is 6.04 Å². The molecule has 34 heavy (non-hydrogen) atoms. The number of carbonyl (C=O) groups is 2. The van der Waals surface area contributed by atoms with Crippen LogP contribution in [0.4, 0.5) is 0 Å². The predicted molar refractivity (Wildman–Crippen MR) is 133 cm³/mol. The standard InChI is InChI=1S/C27H38N2O5/c1-6-16-28-27(31)20(4)29(19-22-10-9-11-23(17-22)32-5)26(30)15-13-21-12-14-24(33-7-2)25(18-21)34-8-3/h9-12,14,17-18,20H,6-8,13,15-16,19H2,1-5H3,(H,28,31). The third kappa shape index (κ3) is 7.97. The summed E-state index contributed by atoms with van der Waals surface area (Å²) in [5.41, 5.74) is 1.88. The molecule has 7 heteroatoms. The minimum Gasteiger partial charge on any atom is -0.497 e. The molecule has 0 bridgehead atoms. The second-order valence-corrected chi connectivity index (χ2v) is 7.99. The molecule has 0 heterocycles. The minimum absolute atomic E-state index is 0.0891. The number of benzene rings is 2. The predicted octanol–water partition coefficient (Wildman–Crippen LogP) is 4.37. The fraction of sp³-hybridized carbons (Fsp3) is 0.481. The molecule has 1 atom stereocenters. The van der Waals surface area contributed by atoms with Crippen LogP contribution in [0, 0.1) is 0 Å². The summed E-state index contributed by atoms with van der Waals surface area (Å²) in [4.78, 5) is 27.7. The van der Waals surface area contributed by atoms with Crippen LogP contribution in [0.25, 0.3) is 0 Å². The van der Waals surface area contributed by atoms with Crippen molar-refractivity contribution in [3.8, 4) is 17.2 Å². The number of methoxy groups -OCH3 is 1. The highest BCUT2D eigenvalue weighted by Crippen LogP contribution is 2.29. The van der Waals surface area contributed by atoms with E-state index in [4.69, 9.17) is 14.2 Å². The zero-order valence-electron chi connectivity index (χ0n) is 21.1. The van der Waals surface area contributed by atoms with Crippen molar-refractivity contribution in [2.75, 3.05) is 26.9 Å². The zero-order chi connectivity index (χ0) is 24.9. The smallest absolute Gasteiger partial charge is 0.242 e. The largest absolute Gasteiger partial charge is 0.497 e. The van der Waals surface area contributed by atoms with Crippen molar-refractivity contribution in [2.24, 2.45) is 0 Å². The molecule has 2 aromatic carbocycles. The van der Waals surface area contributed by atoms with Crippen molar-refractivity contribution in [1.29, 1.82) is 0 Å². The van der Waals surface area contributed by atoms with Crippen LogP contribution < -0.4 is 19.5 Å². The number of carbonyl (C=O) groups excluding carboxylic acids is 2. The minimum atomic E-state index is -0.593. The molecule has 0 spiro atoms. The van der Waals surface area contributed by atoms with Gasteiger partial charge in [-0.15, -0.1) is 0 Å². The second-order valence-electron chi connectivity index (χ2n) is 7.99. The molecule has 0 aliphatic rings. The molecule has 0 saturated heterocycles. The van der Waals surface area contributed by atoms with Crippen LogP contribution in [0.15, 0.2) is 42.5 Å². The van der Waals surface area contributed by atoms with Crippen molar-refractivity contribution >= 4 is 11.8 Å². The van der Waals surface area contributed by atoms with Crippen molar-refractivity contribution < 1.29 is 23.8 Å². The highest BCUT2D eigenvalue weighted by molar-refractivity contribution is 5.87. The monoisotopic (exact) mass is 470 g/mol. The Morgan fingerprint density at radius 3 is 2.38 bits per heavy atom. The number of hydrogen-bond acceptors (Lipinski definition) is 5. The van der Waals surface area contributed by atoms with Gasteiger partial charge in [-0.3, -0.25) is 9.59 Å². The van der Waals surface area contributed by atoms with E-state index in [-0.39, 0.29) is 18.2 Å². The Balaban J connectivity index is 2.18. The van der Waals surface area contributed by atoms with Gasteiger partial charge >= 0.3 is 0 Å². The first-order valence-electron chi connectivity index (χ1n) is 12.0. The van der Waals surface area contributed by atoms with E-state index in [0.717, 1.165) is 17.5 Å². The molecule has 0 aliphatic heterocycles. The van der Waals surface area contributed by atoms with Gasteiger partial charge in [0.2, 0.25) is 11.8 Å². The van der Waals surface area contributed by atoms with Gasteiger partial charge in [0.15, 0.2) is 11.5 Å². The summed E-state index contributed by atoms with van der Waals surface area (Å²) in [5, 5.41) is 2.90. The molecule has 2 aromatic rings. The van der Waals surface area contributed by atoms with Crippen molar-refractivity contribution in [3.05, 3.63) is 53.6 Å². The Kier molecular flexibility index (Phi) is 11.2. The summed E-state index contributed by atoms with van der Waals surface area (Å²) in [5.74, 6) is 1.84. The second kappa shape index (κ2) is 14.1. The molecule has 2 amide bonds. The average Bonchev–Trinajstić information content (AvgIpc) is 2.85. The number of rotatable bonds is 14. The molecule has 0 saturated carbocycles. The van der Waals surface area contributed by atoms with Crippen LogP contribution >= 0.6 is 0 Å². The number of ether oxygens (including phenoxy) is 3. The zero-order valence-corrected chi connectivity index (χ0v) is 21.1. The summed E-state index contributed by atoms with van der Waals surface area (Å²) < 4.78 is 16.7. The van der Waals surface area contributed by atoms with Crippen LogP contribution in [0.2, 0.25) is 0 Å². The molecule has 186 valence electrons. The maximum Gasteiger partial charge on any atom is 0.242 e. The molecule has 0 aliphatic carbocycles. The van der Waals surface area contributed by atoms with Crippen molar-refractivity contribution in [2.45, 2.75) is 59.5 Å². The summed E-state index contributed by atoms with van der Waals surface area (Å²) in [6, 6.07) is 12.7. The summed E-state index contributed by atoms with van der Waals surface area (Å²) in [6.07, 6.45) is 1.64. The van der Waals surface area contributed by atoms with Crippen molar-refractivity contribution in [3.63, 3.8) is 0 Å². The van der Waals surface area contributed by atoms with Crippen molar-refractivity contribution in [1.82, 2.24) is 10.2 Å².